The van der Waals surface area contributed by atoms with Crippen LogP contribution in [-0.2, 0) is 6.54 Å². The van der Waals surface area contributed by atoms with Gasteiger partial charge in [-0.05, 0) is 77.9 Å². The molecule has 0 radical (unpaired) electrons. The van der Waals surface area contributed by atoms with Crippen molar-refractivity contribution in [1.82, 2.24) is 25.3 Å². The molecule has 1 aliphatic heterocycles. The van der Waals surface area contributed by atoms with Gasteiger partial charge in [0.15, 0.2) is 5.96 Å². The zero-order valence-electron chi connectivity index (χ0n) is 18.3. The van der Waals surface area contributed by atoms with Crippen LogP contribution in [0.4, 0.5) is 0 Å². The molecule has 1 fully saturated rings. The van der Waals surface area contributed by atoms with Gasteiger partial charge in [0.05, 0.1) is 5.69 Å². The van der Waals surface area contributed by atoms with Crippen molar-refractivity contribution in [1.29, 1.82) is 0 Å². The maximum atomic E-state index is 4.71. The normalized spacial score (nSPS) is 18.0. The van der Waals surface area contributed by atoms with E-state index >= 15 is 0 Å². The molecule has 6 nitrogen and oxygen atoms in total. The van der Waals surface area contributed by atoms with Gasteiger partial charge in [-0.15, -0.1) is 24.0 Å². The van der Waals surface area contributed by atoms with Gasteiger partial charge in [0, 0.05) is 38.4 Å². The fraction of sp³-hybridized carbons (Fsp3) is 0.810. The summed E-state index contributed by atoms with van der Waals surface area (Å²) in [5.41, 5.74) is 2.31. The Morgan fingerprint density at radius 2 is 2.04 bits per heavy atom. The number of rotatable bonds is 10. The van der Waals surface area contributed by atoms with Gasteiger partial charge in [0.1, 0.15) is 0 Å². The maximum Gasteiger partial charge on any atom is 0.191 e. The molecule has 0 spiro atoms. The molecule has 0 aliphatic carbocycles. The molecule has 162 valence electrons. The van der Waals surface area contributed by atoms with Crippen molar-refractivity contribution in [2.75, 3.05) is 39.3 Å². The second-order valence-electron chi connectivity index (χ2n) is 7.95. The highest BCUT2D eigenvalue weighted by Gasteiger charge is 2.15. The second-order valence-corrected chi connectivity index (χ2v) is 7.95. The lowest BCUT2D eigenvalue weighted by molar-refractivity contribution is 0.181. The van der Waals surface area contributed by atoms with Crippen LogP contribution >= 0.6 is 24.0 Å². The average molecular weight is 505 g/mol. The summed E-state index contributed by atoms with van der Waals surface area (Å²) in [4.78, 5) is 7.34. The molecule has 1 aromatic rings. The minimum Gasteiger partial charge on any atom is -0.357 e. The Morgan fingerprint density at radius 3 is 2.71 bits per heavy atom. The van der Waals surface area contributed by atoms with Gasteiger partial charge in [-0.1, -0.05) is 6.92 Å². The lowest BCUT2D eigenvalue weighted by Crippen LogP contribution is -2.38. The molecular formula is C21H41IN6. The Bertz CT molecular complexity index is 571. The molecule has 1 saturated heterocycles. The molecular weight excluding hydrogens is 463 g/mol. The smallest absolute Gasteiger partial charge is 0.191 e. The Hall–Kier alpha value is -0.830. The number of guanidine groups is 1. The van der Waals surface area contributed by atoms with Crippen LogP contribution in [0.5, 0.6) is 0 Å². The first-order chi connectivity index (χ1) is 13.1. The first-order valence-corrected chi connectivity index (χ1v) is 10.8. The number of likely N-dealkylation sites (tertiary alicyclic amines) is 1. The first kappa shape index (κ1) is 25.2. The van der Waals surface area contributed by atoms with Crippen LogP contribution < -0.4 is 10.6 Å². The topological polar surface area (TPSA) is 57.5 Å². The standard InChI is InChI=1S/C21H40N6.HI/c1-5-22-21(24-12-9-15-27-20(4)16-19(3)25-27)23-11-6-7-13-26-14-8-10-18(2)17-26;/h16,18H,5-15,17H2,1-4H3,(H2,22,23,24);1H. The minimum atomic E-state index is 0. The van der Waals surface area contributed by atoms with Crippen molar-refractivity contribution < 1.29 is 0 Å². The number of unbranched alkanes of at least 4 members (excludes halogenated alkanes) is 1. The van der Waals surface area contributed by atoms with Crippen LogP contribution in [0, 0.1) is 19.8 Å². The van der Waals surface area contributed by atoms with Crippen molar-refractivity contribution >= 4 is 29.9 Å². The summed E-state index contributed by atoms with van der Waals surface area (Å²) < 4.78 is 2.08. The van der Waals surface area contributed by atoms with Crippen LogP contribution in [0.25, 0.3) is 0 Å². The van der Waals surface area contributed by atoms with Crippen LogP contribution in [-0.4, -0.2) is 59.9 Å². The van der Waals surface area contributed by atoms with Crippen molar-refractivity contribution in [3.05, 3.63) is 17.5 Å². The molecule has 0 saturated carbocycles. The summed E-state index contributed by atoms with van der Waals surface area (Å²) in [5, 5.41) is 11.3. The van der Waals surface area contributed by atoms with Crippen LogP contribution in [0.3, 0.4) is 0 Å². The first-order valence-electron chi connectivity index (χ1n) is 10.8. The van der Waals surface area contributed by atoms with E-state index in [9.17, 15) is 0 Å². The fourth-order valence-electron chi connectivity index (χ4n) is 3.81. The zero-order chi connectivity index (χ0) is 19.5. The van der Waals surface area contributed by atoms with E-state index in [-0.39, 0.29) is 24.0 Å². The predicted molar refractivity (Wildman–Crippen MR) is 130 cm³/mol. The number of hydrogen-bond acceptors (Lipinski definition) is 3. The van der Waals surface area contributed by atoms with Gasteiger partial charge in [-0.3, -0.25) is 9.67 Å². The Morgan fingerprint density at radius 1 is 1.21 bits per heavy atom. The van der Waals surface area contributed by atoms with Crippen molar-refractivity contribution in [2.45, 2.75) is 66.3 Å². The third-order valence-electron chi connectivity index (χ3n) is 5.18. The molecule has 1 unspecified atom stereocenters. The molecule has 0 bridgehead atoms. The molecule has 2 rings (SSSR count). The highest BCUT2D eigenvalue weighted by atomic mass is 127. The van der Waals surface area contributed by atoms with E-state index in [0.29, 0.717) is 0 Å². The second kappa shape index (κ2) is 14.2. The van der Waals surface area contributed by atoms with Gasteiger partial charge in [0.2, 0.25) is 0 Å². The Labute approximate surface area is 189 Å². The molecule has 2 N–H and O–H groups in total. The summed E-state index contributed by atoms with van der Waals surface area (Å²) in [6.07, 6.45) is 6.23. The van der Waals surface area contributed by atoms with E-state index in [1.165, 1.54) is 51.0 Å². The van der Waals surface area contributed by atoms with E-state index in [1.54, 1.807) is 0 Å². The lowest BCUT2D eigenvalue weighted by Gasteiger charge is -2.30. The average Bonchev–Trinajstić information content (AvgIpc) is 2.95. The van der Waals surface area contributed by atoms with Gasteiger partial charge in [0.25, 0.3) is 0 Å². The third kappa shape index (κ3) is 9.58. The fourth-order valence-corrected chi connectivity index (χ4v) is 3.81. The number of aromatic nitrogens is 2. The van der Waals surface area contributed by atoms with E-state index in [1.807, 2.05) is 6.92 Å². The molecule has 1 aromatic heterocycles. The van der Waals surface area contributed by atoms with Crippen LogP contribution in [0.15, 0.2) is 11.1 Å². The number of piperidine rings is 1. The van der Waals surface area contributed by atoms with Gasteiger partial charge in [-0.25, -0.2) is 0 Å². The zero-order valence-corrected chi connectivity index (χ0v) is 20.7. The number of nitrogens with zero attached hydrogens (tertiary/aromatic N) is 4. The predicted octanol–water partition coefficient (Wildman–Crippen LogP) is 3.58. The summed E-state index contributed by atoms with van der Waals surface area (Å²) in [6, 6.07) is 2.12. The summed E-state index contributed by atoms with van der Waals surface area (Å²) in [5.74, 6) is 1.82. The van der Waals surface area contributed by atoms with E-state index in [4.69, 9.17) is 4.99 Å². The summed E-state index contributed by atoms with van der Waals surface area (Å²) in [6.45, 7) is 16.1. The number of hydrogen-bond donors (Lipinski definition) is 2. The Kier molecular flexibility index (Phi) is 12.8. The van der Waals surface area contributed by atoms with E-state index < -0.39 is 0 Å². The molecule has 2 heterocycles. The molecule has 28 heavy (non-hydrogen) atoms. The van der Waals surface area contributed by atoms with Gasteiger partial charge in [-0.2, -0.15) is 5.10 Å². The Balaban J connectivity index is 0.00000392. The number of halogens is 1. The molecule has 1 aliphatic rings. The molecule has 1 atom stereocenters. The summed E-state index contributed by atoms with van der Waals surface area (Å²) in [7, 11) is 0. The highest BCUT2D eigenvalue weighted by molar-refractivity contribution is 14.0. The van der Waals surface area contributed by atoms with Gasteiger partial charge >= 0.3 is 0 Å². The summed E-state index contributed by atoms with van der Waals surface area (Å²) >= 11 is 0. The van der Waals surface area contributed by atoms with E-state index in [2.05, 4.69) is 52.2 Å². The molecule has 0 aromatic carbocycles. The number of nitrogens with one attached hydrogen (secondary N) is 2. The van der Waals surface area contributed by atoms with Crippen molar-refractivity contribution in [3.63, 3.8) is 0 Å². The minimum absolute atomic E-state index is 0. The number of aryl methyl sites for hydroxylation is 3. The largest absolute Gasteiger partial charge is 0.357 e. The lowest BCUT2D eigenvalue weighted by atomic mass is 10.0. The van der Waals surface area contributed by atoms with Crippen molar-refractivity contribution in [2.24, 2.45) is 10.9 Å². The van der Waals surface area contributed by atoms with Crippen LogP contribution in [0.1, 0.15) is 57.3 Å². The van der Waals surface area contributed by atoms with E-state index in [0.717, 1.165) is 50.2 Å². The highest BCUT2D eigenvalue weighted by Crippen LogP contribution is 2.15. The van der Waals surface area contributed by atoms with Crippen molar-refractivity contribution in [3.8, 4) is 0 Å². The maximum absolute atomic E-state index is 4.71. The van der Waals surface area contributed by atoms with Gasteiger partial charge < -0.3 is 15.5 Å². The number of aliphatic imine (C=N–C) groups is 1. The molecule has 0 amide bonds. The molecule has 7 heteroatoms. The third-order valence-corrected chi connectivity index (χ3v) is 5.18. The SMILES string of the molecule is CCNC(=NCCCn1nc(C)cc1C)NCCCCN1CCCC(C)C1.I. The quantitative estimate of drug-likeness (QED) is 0.222. The monoisotopic (exact) mass is 504 g/mol. The van der Waals surface area contributed by atoms with Crippen LogP contribution in [0.2, 0.25) is 0 Å².